The lowest BCUT2D eigenvalue weighted by Gasteiger charge is -2.31. The van der Waals surface area contributed by atoms with E-state index >= 15 is 0 Å². The minimum Gasteiger partial charge on any atom is -0.493 e. The maximum absolute atomic E-state index is 9.92. The van der Waals surface area contributed by atoms with Gasteiger partial charge < -0.3 is 24.4 Å². The zero-order chi connectivity index (χ0) is 24.2. The highest BCUT2D eigenvalue weighted by Gasteiger charge is 2.18. The first-order valence-electron chi connectivity index (χ1n) is 11.2. The molecule has 5 rings (SSSR count). The van der Waals surface area contributed by atoms with Gasteiger partial charge in [-0.05, 0) is 36.8 Å². The fourth-order valence-electron chi connectivity index (χ4n) is 3.78. The van der Waals surface area contributed by atoms with Crippen molar-refractivity contribution in [1.82, 2.24) is 15.0 Å². The summed E-state index contributed by atoms with van der Waals surface area (Å²) < 4.78 is 16.6. The largest absolute Gasteiger partial charge is 0.493 e. The number of nitriles is 1. The lowest BCUT2D eigenvalue weighted by Crippen LogP contribution is -2.37. The van der Waals surface area contributed by atoms with Gasteiger partial charge in [-0.2, -0.15) is 5.26 Å². The van der Waals surface area contributed by atoms with Gasteiger partial charge in [-0.25, -0.2) is 9.97 Å². The van der Waals surface area contributed by atoms with Gasteiger partial charge in [-0.15, -0.1) is 0 Å². The molecular weight excluding hydrogens is 444 g/mol. The van der Waals surface area contributed by atoms with E-state index in [2.05, 4.69) is 26.3 Å². The van der Waals surface area contributed by atoms with Gasteiger partial charge in [-0.3, -0.25) is 4.98 Å². The summed E-state index contributed by atoms with van der Waals surface area (Å²) in [4.78, 5) is 15.6. The Labute approximate surface area is 202 Å². The van der Waals surface area contributed by atoms with Gasteiger partial charge in [-0.1, -0.05) is 0 Å². The van der Waals surface area contributed by atoms with Crippen LogP contribution in [-0.2, 0) is 6.61 Å². The Morgan fingerprint density at radius 3 is 2.57 bits per heavy atom. The second-order valence-corrected chi connectivity index (χ2v) is 8.02. The van der Waals surface area contributed by atoms with E-state index in [1.165, 1.54) is 0 Å². The average molecular weight is 469 g/mol. The molecule has 1 saturated heterocycles. The molecule has 0 unspecified atom stereocenters. The molecular formula is C26H24N6O3. The van der Waals surface area contributed by atoms with E-state index in [0.29, 0.717) is 46.3 Å². The van der Waals surface area contributed by atoms with Crippen LogP contribution in [0.5, 0.6) is 17.4 Å². The number of pyridine rings is 1. The fraction of sp³-hybridized carbons (Fsp3) is 0.231. The third-order valence-corrected chi connectivity index (χ3v) is 5.84. The molecule has 3 heterocycles. The van der Waals surface area contributed by atoms with Crippen LogP contribution in [0.25, 0.3) is 11.0 Å². The zero-order valence-corrected chi connectivity index (χ0v) is 19.5. The molecule has 2 aromatic heterocycles. The molecule has 0 amide bonds. The number of nitrogens with one attached hydrogen (secondary N) is 1. The van der Waals surface area contributed by atoms with Crippen LogP contribution in [0.15, 0.2) is 54.9 Å². The molecule has 0 spiro atoms. The summed E-state index contributed by atoms with van der Waals surface area (Å²) in [5, 5.41) is 13.2. The number of hydrogen-bond acceptors (Lipinski definition) is 9. The molecule has 0 saturated carbocycles. The van der Waals surface area contributed by atoms with Crippen LogP contribution < -0.4 is 24.4 Å². The number of aromatic nitrogens is 3. The van der Waals surface area contributed by atoms with Crippen LogP contribution in [0.2, 0.25) is 0 Å². The van der Waals surface area contributed by atoms with Crippen LogP contribution in [0.3, 0.4) is 0 Å². The van der Waals surface area contributed by atoms with Crippen molar-refractivity contribution in [2.24, 2.45) is 0 Å². The molecule has 0 aliphatic carbocycles. The lowest BCUT2D eigenvalue weighted by atomic mass is 10.1. The first-order valence-corrected chi connectivity index (χ1v) is 11.2. The topological polar surface area (TPSA) is 105 Å². The normalized spacial score (nSPS) is 12.5. The van der Waals surface area contributed by atoms with Crippen LogP contribution >= 0.6 is 0 Å². The molecule has 1 aliphatic heterocycles. The number of fused-ring (bicyclic) bond motifs is 1. The number of anilines is 3. The molecule has 176 valence electrons. The van der Waals surface area contributed by atoms with E-state index in [0.717, 1.165) is 36.6 Å². The van der Waals surface area contributed by atoms with Crippen molar-refractivity contribution >= 4 is 28.2 Å². The Morgan fingerprint density at radius 1 is 1.00 bits per heavy atom. The van der Waals surface area contributed by atoms with Gasteiger partial charge in [0.15, 0.2) is 11.5 Å². The summed E-state index contributed by atoms with van der Waals surface area (Å²) >= 11 is 0. The molecule has 1 aliphatic rings. The summed E-state index contributed by atoms with van der Waals surface area (Å²) in [6, 6.07) is 15.2. The lowest BCUT2D eigenvalue weighted by molar-refractivity contribution is 0.284. The van der Waals surface area contributed by atoms with Crippen molar-refractivity contribution in [3.63, 3.8) is 0 Å². The monoisotopic (exact) mass is 468 g/mol. The highest BCUT2D eigenvalue weighted by atomic mass is 16.5. The smallest absolute Gasteiger partial charge is 0.212 e. The third-order valence-electron chi connectivity index (χ3n) is 5.84. The fourth-order valence-corrected chi connectivity index (χ4v) is 3.78. The first-order chi connectivity index (χ1) is 17.2. The Morgan fingerprint density at radius 2 is 1.89 bits per heavy atom. The maximum atomic E-state index is 9.92. The van der Waals surface area contributed by atoms with Gasteiger partial charge in [0.2, 0.25) is 5.88 Å². The molecule has 2 aromatic carbocycles. The van der Waals surface area contributed by atoms with Crippen LogP contribution in [-0.4, -0.2) is 42.3 Å². The van der Waals surface area contributed by atoms with Crippen LogP contribution in [0.4, 0.5) is 17.2 Å². The van der Waals surface area contributed by atoms with Gasteiger partial charge >= 0.3 is 0 Å². The molecule has 1 N–H and O–H groups in total. The van der Waals surface area contributed by atoms with Crippen molar-refractivity contribution in [2.75, 3.05) is 37.5 Å². The molecule has 35 heavy (non-hydrogen) atoms. The summed E-state index contributed by atoms with van der Waals surface area (Å²) in [6.45, 7) is 2.26. The summed E-state index contributed by atoms with van der Waals surface area (Å²) in [5.41, 5.74) is 4.03. The second kappa shape index (κ2) is 9.73. The van der Waals surface area contributed by atoms with E-state index in [-0.39, 0.29) is 0 Å². The van der Waals surface area contributed by atoms with Crippen molar-refractivity contribution < 1.29 is 14.2 Å². The highest BCUT2D eigenvalue weighted by molar-refractivity contribution is 5.89. The molecule has 9 nitrogen and oxygen atoms in total. The van der Waals surface area contributed by atoms with Crippen molar-refractivity contribution in [2.45, 2.75) is 13.0 Å². The quantitative estimate of drug-likeness (QED) is 0.401. The van der Waals surface area contributed by atoms with E-state index < -0.39 is 0 Å². The summed E-state index contributed by atoms with van der Waals surface area (Å²) in [7, 11) is 3.17. The minimum atomic E-state index is 0.335. The van der Waals surface area contributed by atoms with Crippen molar-refractivity contribution in [3.8, 4) is 23.4 Å². The van der Waals surface area contributed by atoms with Crippen molar-refractivity contribution in [1.29, 1.82) is 5.26 Å². The van der Waals surface area contributed by atoms with E-state index in [1.807, 2.05) is 36.4 Å². The molecule has 0 radical (unpaired) electrons. The van der Waals surface area contributed by atoms with Gasteiger partial charge in [0.25, 0.3) is 0 Å². The van der Waals surface area contributed by atoms with Crippen LogP contribution in [0, 0.1) is 11.3 Å². The molecule has 0 atom stereocenters. The standard InChI is InChI=1S/C26H24N6O3/c1-33-23-12-18(5-8-22(23)35-16-17-4-9-25(34-2)29-14-17)30-20-6-7-21-26(19(20)13-27)31-24(15-28-21)32-10-3-11-32/h4-9,12,14-15,30H,3,10-11,16H2,1-2H3. The number of methoxy groups -OCH3 is 2. The average Bonchev–Trinajstić information content (AvgIpc) is 2.87. The third kappa shape index (κ3) is 4.59. The molecule has 4 aromatic rings. The van der Waals surface area contributed by atoms with Gasteiger partial charge in [0.1, 0.15) is 29.6 Å². The zero-order valence-electron chi connectivity index (χ0n) is 19.5. The Hall–Kier alpha value is -4.58. The minimum absolute atomic E-state index is 0.335. The van der Waals surface area contributed by atoms with Crippen LogP contribution in [0.1, 0.15) is 17.5 Å². The van der Waals surface area contributed by atoms with Gasteiger partial charge in [0.05, 0.1) is 31.6 Å². The summed E-state index contributed by atoms with van der Waals surface area (Å²) in [6.07, 6.45) is 4.62. The maximum Gasteiger partial charge on any atom is 0.212 e. The number of ether oxygens (including phenoxy) is 3. The predicted molar refractivity (Wildman–Crippen MR) is 132 cm³/mol. The number of benzene rings is 2. The number of hydrogen-bond donors (Lipinski definition) is 1. The number of nitrogens with zero attached hydrogens (tertiary/aromatic N) is 5. The van der Waals surface area contributed by atoms with E-state index in [1.54, 1.807) is 32.7 Å². The highest BCUT2D eigenvalue weighted by Crippen LogP contribution is 2.34. The Kier molecular flexibility index (Phi) is 6.18. The molecule has 9 heteroatoms. The van der Waals surface area contributed by atoms with Gasteiger partial charge in [0, 0.05) is 42.7 Å². The predicted octanol–water partition coefficient (Wildman–Crippen LogP) is 4.45. The molecule has 1 fully saturated rings. The SMILES string of the molecule is COc1ccc(COc2ccc(Nc3ccc4ncc(N5CCC5)nc4c3C#N)cc2OC)cn1. The Bertz CT molecular complexity index is 1400. The van der Waals surface area contributed by atoms with Crippen molar-refractivity contribution in [3.05, 3.63) is 66.0 Å². The second-order valence-electron chi connectivity index (χ2n) is 8.02. The first kappa shape index (κ1) is 22.2. The Balaban J connectivity index is 1.37. The number of rotatable bonds is 8. The summed E-state index contributed by atoms with van der Waals surface area (Å²) in [5.74, 6) is 2.51. The van der Waals surface area contributed by atoms with E-state index in [9.17, 15) is 5.26 Å². The molecule has 0 bridgehead atoms. The van der Waals surface area contributed by atoms with E-state index in [4.69, 9.17) is 19.2 Å².